The molecule has 4 heteroatoms. The van der Waals surface area contributed by atoms with E-state index >= 15 is 0 Å². The summed E-state index contributed by atoms with van der Waals surface area (Å²) in [4.78, 5) is 11.3. The Hall–Kier alpha value is -2.41. The molecule has 4 nitrogen and oxygen atoms in total. The Kier molecular flexibility index (Phi) is 3.83. The molecule has 106 valence electrons. The van der Waals surface area contributed by atoms with Gasteiger partial charge in [0.1, 0.15) is 11.8 Å². The lowest BCUT2D eigenvalue weighted by atomic mass is 9.95. The van der Waals surface area contributed by atoms with Crippen LogP contribution in [-0.4, -0.2) is 16.5 Å². The first-order valence-electron chi connectivity index (χ1n) is 7.46. The number of fused-ring (bicyclic) bond motifs is 1. The van der Waals surface area contributed by atoms with Crippen LogP contribution in [0.4, 0.5) is 11.6 Å². The smallest absolute Gasteiger partial charge is 0.231 e. The molecule has 1 aliphatic carbocycles. The molecular formula is C17H18N4. The Morgan fingerprint density at radius 2 is 1.90 bits per heavy atom. The molecule has 0 aliphatic heterocycles. The number of para-hydroxylation sites is 1. The molecule has 1 aliphatic rings. The number of aryl methyl sites for hydroxylation is 1. The van der Waals surface area contributed by atoms with Gasteiger partial charge in [-0.1, -0.05) is 18.2 Å². The Morgan fingerprint density at radius 1 is 1.14 bits per heavy atom. The van der Waals surface area contributed by atoms with E-state index in [2.05, 4.69) is 22.9 Å². The fraction of sp³-hybridized carbons (Fsp3) is 0.353. The first-order chi connectivity index (χ1) is 10.3. The first kappa shape index (κ1) is 13.6. The van der Waals surface area contributed by atoms with Crippen LogP contribution in [0.25, 0.3) is 0 Å². The van der Waals surface area contributed by atoms with Gasteiger partial charge in [0.25, 0.3) is 0 Å². The molecule has 1 aromatic carbocycles. The summed E-state index contributed by atoms with van der Waals surface area (Å²) in [6.45, 7) is 2.84. The molecule has 0 fully saturated rings. The minimum atomic E-state index is 0.545. The molecule has 2 aromatic rings. The third-order valence-electron chi connectivity index (χ3n) is 3.90. The van der Waals surface area contributed by atoms with Crippen molar-refractivity contribution in [1.82, 2.24) is 9.97 Å². The van der Waals surface area contributed by atoms with E-state index in [0.29, 0.717) is 11.6 Å². The summed E-state index contributed by atoms with van der Waals surface area (Å²) >= 11 is 0. The summed E-state index contributed by atoms with van der Waals surface area (Å²) in [5, 5.41) is 9.38. The molecule has 0 bridgehead atoms. The van der Waals surface area contributed by atoms with E-state index in [0.717, 1.165) is 49.2 Å². The van der Waals surface area contributed by atoms with Crippen LogP contribution in [0.15, 0.2) is 30.3 Å². The van der Waals surface area contributed by atoms with E-state index in [-0.39, 0.29) is 0 Å². The van der Waals surface area contributed by atoms with Crippen molar-refractivity contribution in [2.24, 2.45) is 0 Å². The van der Waals surface area contributed by atoms with Crippen LogP contribution >= 0.6 is 0 Å². The van der Waals surface area contributed by atoms with Crippen molar-refractivity contribution >= 4 is 11.6 Å². The zero-order valence-corrected chi connectivity index (χ0v) is 12.2. The van der Waals surface area contributed by atoms with Crippen LogP contribution in [-0.2, 0) is 12.8 Å². The summed E-state index contributed by atoms with van der Waals surface area (Å²) in [6, 6.07) is 12.3. The standard InChI is InChI=1S/C17H18N4/c1-2-21(13-8-4-3-5-9-13)17-19-15-11-7-6-10-14(15)16(12-18)20-17/h3-5,8-9H,2,6-7,10-11H2,1H3. The summed E-state index contributed by atoms with van der Waals surface area (Å²) in [5.41, 5.74) is 3.71. The number of aromatic nitrogens is 2. The van der Waals surface area contributed by atoms with Gasteiger partial charge in [-0.2, -0.15) is 5.26 Å². The summed E-state index contributed by atoms with van der Waals surface area (Å²) in [7, 11) is 0. The molecule has 1 heterocycles. The second kappa shape index (κ2) is 5.92. The van der Waals surface area contributed by atoms with E-state index in [1.165, 1.54) is 0 Å². The average Bonchev–Trinajstić information content (AvgIpc) is 2.56. The van der Waals surface area contributed by atoms with E-state index in [4.69, 9.17) is 4.98 Å². The minimum absolute atomic E-state index is 0.545. The molecular weight excluding hydrogens is 260 g/mol. The second-order valence-corrected chi connectivity index (χ2v) is 5.20. The first-order valence-corrected chi connectivity index (χ1v) is 7.46. The average molecular weight is 278 g/mol. The highest BCUT2D eigenvalue weighted by Gasteiger charge is 2.20. The monoisotopic (exact) mass is 278 g/mol. The molecule has 0 N–H and O–H groups in total. The molecule has 0 unspecified atom stereocenters. The number of anilines is 2. The van der Waals surface area contributed by atoms with Gasteiger partial charge in [-0.3, -0.25) is 0 Å². The van der Waals surface area contributed by atoms with Gasteiger partial charge in [0.2, 0.25) is 5.95 Å². The SMILES string of the molecule is CCN(c1ccccc1)c1nc(C#N)c2c(n1)CCCC2. The highest BCUT2D eigenvalue weighted by atomic mass is 15.3. The lowest BCUT2D eigenvalue weighted by molar-refractivity contribution is 0.658. The highest BCUT2D eigenvalue weighted by molar-refractivity contribution is 5.58. The zero-order chi connectivity index (χ0) is 14.7. The van der Waals surface area contributed by atoms with E-state index in [1.54, 1.807) is 0 Å². The van der Waals surface area contributed by atoms with Gasteiger partial charge in [0.15, 0.2) is 0 Å². The van der Waals surface area contributed by atoms with E-state index < -0.39 is 0 Å². The molecule has 0 radical (unpaired) electrons. The third kappa shape index (κ3) is 2.59. The van der Waals surface area contributed by atoms with Gasteiger partial charge in [-0.25, -0.2) is 9.97 Å². The largest absolute Gasteiger partial charge is 0.311 e. The van der Waals surface area contributed by atoms with Crippen molar-refractivity contribution in [3.63, 3.8) is 0 Å². The molecule has 0 saturated carbocycles. The minimum Gasteiger partial charge on any atom is -0.311 e. The molecule has 0 saturated heterocycles. The predicted octanol–water partition coefficient (Wildman–Crippen LogP) is 3.39. The van der Waals surface area contributed by atoms with Crippen LogP contribution in [0.1, 0.15) is 36.7 Å². The number of rotatable bonds is 3. The normalized spacial score (nSPS) is 13.3. The van der Waals surface area contributed by atoms with Crippen molar-refractivity contribution in [2.75, 3.05) is 11.4 Å². The van der Waals surface area contributed by atoms with Gasteiger partial charge in [0, 0.05) is 17.8 Å². The number of hydrogen-bond acceptors (Lipinski definition) is 4. The van der Waals surface area contributed by atoms with Crippen LogP contribution in [0.3, 0.4) is 0 Å². The van der Waals surface area contributed by atoms with Crippen molar-refractivity contribution in [3.8, 4) is 6.07 Å². The molecule has 3 rings (SSSR count). The fourth-order valence-corrected chi connectivity index (χ4v) is 2.84. The summed E-state index contributed by atoms with van der Waals surface area (Å²) < 4.78 is 0. The van der Waals surface area contributed by atoms with Crippen molar-refractivity contribution in [3.05, 3.63) is 47.3 Å². The fourth-order valence-electron chi connectivity index (χ4n) is 2.84. The van der Waals surface area contributed by atoms with Crippen LogP contribution in [0.2, 0.25) is 0 Å². The van der Waals surface area contributed by atoms with Crippen LogP contribution < -0.4 is 4.90 Å². The number of benzene rings is 1. The van der Waals surface area contributed by atoms with Gasteiger partial charge < -0.3 is 4.90 Å². The molecule has 0 spiro atoms. The maximum Gasteiger partial charge on any atom is 0.231 e. The van der Waals surface area contributed by atoms with E-state index in [9.17, 15) is 5.26 Å². The molecule has 0 amide bonds. The van der Waals surface area contributed by atoms with Gasteiger partial charge >= 0.3 is 0 Å². The lowest BCUT2D eigenvalue weighted by Crippen LogP contribution is -2.21. The van der Waals surface area contributed by atoms with E-state index in [1.807, 2.05) is 30.3 Å². The maximum absolute atomic E-state index is 9.38. The number of nitriles is 1. The van der Waals surface area contributed by atoms with Crippen LogP contribution in [0.5, 0.6) is 0 Å². The Bertz CT molecular complexity index is 673. The Balaban J connectivity index is 2.07. The highest BCUT2D eigenvalue weighted by Crippen LogP contribution is 2.27. The van der Waals surface area contributed by atoms with Gasteiger partial charge in [-0.15, -0.1) is 0 Å². The number of nitrogens with zero attached hydrogens (tertiary/aromatic N) is 4. The Labute approximate surface area is 125 Å². The van der Waals surface area contributed by atoms with Crippen LogP contribution in [0, 0.1) is 11.3 Å². The van der Waals surface area contributed by atoms with Gasteiger partial charge in [0.05, 0.1) is 5.69 Å². The van der Waals surface area contributed by atoms with Crippen molar-refractivity contribution in [2.45, 2.75) is 32.6 Å². The Morgan fingerprint density at radius 3 is 2.62 bits per heavy atom. The molecule has 21 heavy (non-hydrogen) atoms. The lowest BCUT2D eigenvalue weighted by Gasteiger charge is -2.24. The van der Waals surface area contributed by atoms with Gasteiger partial charge in [-0.05, 0) is 44.7 Å². The van der Waals surface area contributed by atoms with Crippen molar-refractivity contribution < 1.29 is 0 Å². The predicted molar refractivity (Wildman–Crippen MR) is 82.5 cm³/mol. The topological polar surface area (TPSA) is 52.8 Å². The molecule has 0 atom stereocenters. The molecule has 1 aromatic heterocycles. The second-order valence-electron chi connectivity index (χ2n) is 5.20. The van der Waals surface area contributed by atoms with Crippen molar-refractivity contribution in [1.29, 1.82) is 5.26 Å². The quantitative estimate of drug-likeness (QED) is 0.863. The maximum atomic E-state index is 9.38. The zero-order valence-electron chi connectivity index (χ0n) is 12.2. The third-order valence-corrected chi connectivity index (χ3v) is 3.90. The summed E-state index contributed by atoms with van der Waals surface area (Å²) in [5.74, 6) is 0.640. The number of hydrogen-bond donors (Lipinski definition) is 0. The summed E-state index contributed by atoms with van der Waals surface area (Å²) in [6.07, 6.45) is 4.15.